The Morgan fingerprint density at radius 1 is 1.16 bits per heavy atom. The van der Waals surface area contributed by atoms with E-state index >= 15 is 0 Å². The van der Waals surface area contributed by atoms with E-state index < -0.39 is 0 Å². The van der Waals surface area contributed by atoms with Crippen molar-refractivity contribution < 1.29 is 4.79 Å². The zero-order valence-electron chi connectivity index (χ0n) is 11.7. The number of halogens is 1. The van der Waals surface area contributed by atoms with Gasteiger partial charge in [-0.05, 0) is 51.0 Å². The second-order valence-corrected chi connectivity index (χ2v) is 6.52. The number of hydrogen-bond donors (Lipinski definition) is 0. The minimum Gasteiger partial charge on any atom is -0.333 e. The van der Waals surface area contributed by atoms with Crippen LogP contribution in [0.3, 0.4) is 0 Å². The van der Waals surface area contributed by atoms with E-state index in [4.69, 9.17) is 0 Å². The predicted molar refractivity (Wildman–Crippen MR) is 82.3 cm³/mol. The van der Waals surface area contributed by atoms with Gasteiger partial charge in [0.1, 0.15) is 0 Å². The fourth-order valence-electron chi connectivity index (χ4n) is 2.92. The van der Waals surface area contributed by atoms with Gasteiger partial charge in [0.05, 0.1) is 0 Å². The van der Waals surface area contributed by atoms with Gasteiger partial charge in [0.15, 0.2) is 0 Å². The van der Waals surface area contributed by atoms with Crippen molar-refractivity contribution in [2.45, 2.75) is 58.0 Å². The third-order valence-electron chi connectivity index (χ3n) is 3.85. The molecule has 0 saturated heterocycles. The molecular weight excluding hydrogens is 302 g/mol. The molecule has 1 saturated carbocycles. The van der Waals surface area contributed by atoms with Crippen molar-refractivity contribution >= 4 is 21.8 Å². The lowest BCUT2D eigenvalue weighted by Gasteiger charge is -2.37. The summed E-state index contributed by atoms with van der Waals surface area (Å²) in [6, 6.07) is 8.37. The first-order valence-corrected chi connectivity index (χ1v) is 7.97. The minimum atomic E-state index is 0.175. The van der Waals surface area contributed by atoms with E-state index in [1.54, 1.807) is 0 Å². The van der Waals surface area contributed by atoms with Gasteiger partial charge in [0.2, 0.25) is 0 Å². The molecule has 0 atom stereocenters. The van der Waals surface area contributed by atoms with Gasteiger partial charge in [-0.2, -0.15) is 0 Å². The zero-order chi connectivity index (χ0) is 13.8. The predicted octanol–water partition coefficient (Wildman–Crippen LogP) is 4.63. The van der Waals surface area contributed by atoms with Crippen LogP contribution in [0.1, 0.15) is 56.3 Å². The summed E-state index contributed by atoms with van der Waals surface area (Å²) in [5.41, 5.74) is 0.794. The normalized spacial score (nSPS) is 16.6. The van der Waals surface area contributed by atoms with Crippen molar-refractivity contribution in [1.82, 2.24) is 4.90 Å². The summed E-state index contributed by atoms with van der Waals surface area (Å²) in [6.45, 7) is 4.23. The molecule has 0 N–H and O–H groups in total. The van der Waals surface area contributed by atoms with Crippen LogP contribution in [0.25, 0.3) is 0 Å². The van der Waals surface area contributed by atoms with Crippen molar-refractivity contribution in [1.29, 1.82) is 0 Å². The number of nitrogens with zero attached hydrogens (tertiary/aromatic N) is 1. The molecule has 0 aromatic heterocycles. The molecule has 0 spiro atoms. The average Bonchev–Trinajstić information content (AvgIpc) is 2.40. The summed E-state index contributed by atoms with van der Waals surface area (Å²) >= 11 is 3.41. The highest BCUT2D eigenvalue weighted by Gasteiger charge is 2.28. The molecule has 1 aromatic carbocycles. The summed E-state index contributed by atoms with van der Waals surface area (Å²) in [5, 5.41) is 0. The molecule has 104 valence electrons. The standard InChI is InChI=1S/C16H22BrNO/c1-12(2)18(15-6-4-3-5-7-15)16(19)13-8-10-14(17)11-9-13/h8-12,15H,3-7H2,1-2H3. The lowest BCUT2D eigenvalue weighted by atomic mass is 9.93. The van der Waals surface area contributed by atoms with Gasteiger partial charge in [0, 0.05) is 22.1 Å². The van der Waals surface area contributed by atoms with Crippen molar-refractivity contribution in [2.75, 3.05) is 0 Å². The summed E-state index contributed by atoms with van der Waals surface area (Å²) in [6.07, 6.45) is 6.12. The second-order valence-electron chi connectivity index (χ2n) is 5.60. The van der Waals surface area contributed by atoms with Crippen LogP contribution in [-0.2, 0) is 0 Å². The van der Waals surface area contributed by atoms with Crippen LogP contribution in [0.15, 0.2) is 28.7 Å². The van der Waals surface area contributed by atoms with Crippen LogP contribution in [0, 0.1) is 0 Å². The Hall–Kier alpha value is -0.830. The smallest absolute Gasteiger partial charge is 0.254 e. The Bertz CT molecular complexity index is 421. The minimum absolute atomic E-state index is 0.175. The number of benzene rings is 1. The van der Waals surface area contributed by atoms with Crippen LogP contribution < -0.4 is 0 Å². The van der Waals surface area contributed by atoms with E-state index in [-0.39, 0.29) is 11.9 Å². The van der Waals surface area contributed by atoms with Crippen molar-refractivity contribution in [3.8, 4) is 0 Å². The molecule has 3 heteroatoms. The van der Waals surface area contributed by atoms with Crippen LogP contribution in [-0.4, -0.2) is 22.9 Å². The van der Waals surface area contributed by atoms with Gasteiger partial charge in [-0.3, -0.25) is 4.79 Å². The molecule has 0 aliphatic heterocycles. The number of hydrogen-bond acceptors (Lipinski definition) is 1. The molecule has 1 fully saturated rings. The largest absolute Gasteiger partial charge is 0.333 e. The Balaban J connectivity index is 2.18. The second kappa shape index (κ2) is 6.56. The maximum absolute atomic E-state index is 12.7. The molecule has 0 heterocycles. The fourth-order valence-corrected chi connectivity index (χ4v) is 3.19. The number of rotatable bonds is 3. The number of carbonyl (C=O) groups is 1. The summed E-state index contributed by atoms with van der Waals surface area (Å²) < 4.78 is 1.01. The molecule has 1 aliphatic carbocycles. The van der Waals surface area contributed by atoms with Crippen molar-refractivity contribution in [3.63, 3.8) is 0 Å². The van der Waals surface area contributed by atoms with Crippen molar-refractivity contribution in [2.24, 2.45) is 0 Å². The van der Waals surface area contributed by atoms with E-state index in [0.29, 0.717) is 6.04 Å². The zero-order valence-corrected chi connectivity index (χ0v) is 13.3. The van der Waals surface area contributed by atoms with E-state index in [2.05, 4.69) is 34.7 Å². The van der Waals surface area contributed by atoms with Crippen LogP contribution in [0.5, 0.6) is 0 Å². The van der Waals surface area contributed by atoms with E-state index in [0.717, 1.165) is 22.9 Å². The molecule has 1 amide bonds. The van der Waals surface area contributed by atoms with Crippen LogP contribution in [0.4, 0.5) is 0 Å². The van der Waals surface area contributed by atoms with Gasteiger partial charge in [0.25, 0.3) is 5.91 Å². The molecular formula is C16H22BrNO. The maximum Gasteiger partial charge on any atom is 0.254 e. The topological polar surface area (TPSA) is 20.3 Å². The Morgan fingerprint density at radius 2 is 1.74 bits per heavy atom. The number of carbonyl (C=O) groups excluding carboxylic acids is 1. The van der Waals surface area contributed by atoms with Gasteiger partial charge in [-0.15, -0.1) is 0 Å². The molecule has 1 aliphatic rings. The van der Waals surface area contributed by atoms with E-state index in [9.17, 15) is 4.79 Å². The Kier molecular flexibility index (Phi) is 5.03. The molecule has 2 rings (SSSR count). The quantitative estimate of drug-likeness (QED) is 0.794. The molecule has 19 heavy (non-hydrogen) atoms. The lowest BCUT2D eigenvalue weighted by molar-refractivity contribution is 0.0555. The van der Waals surface area contributed by atoms with Gasteiger partial charge in [-0.1, -0.05) is 35.2 Å². The van der Waals surface area contributed by atoms with Gasteiger partial charge >= 0.3 is 0 Å². The Labute approximate surface area is 124 Å². The molecule has 0 radical (unpaired) electrons. The maximum atomic E-state index is 12.7. The van der Waals surface area contributed by atoms with Crippen LogP contribution >= 0.6 is 15.9 Å². The fraction of sp³-hybridized carbons (Fsp3) is 0.562. The lowest BCUT2D eigenvalue weighted by Crippen LogP contribution is -2.45. The third-order valence-corrected chi connectivity index (χ3v) is 4.38. The highest BCUT2D eigenvalue weighted by Crippen LogP contribution is 2.26. The van der Waals surface area contributed by atoms with Crippen molar-refractivity contribution in [3.05, 3.63) is 34.3 Å². The third kappa shape index (κ3) is 3.59. The van der Waals surface area contributed by atoms with Gasteiger partial charge in [-0.25, -0.2) is 0 Å². The van der Waals surface area contributed by atoms with E-state index in [1.165, 1.54) is 19.3 Å². The monoisotopic (exact) mass is 323 g/mol. The highest BCUT2D eigenvalue weighted by molar-refractivity contribution is 9.10. The SMILES string of the molecule is CC(C)N(C(=O)c1ccc(Br)cc1)C1CCCCC1. The first-order chi connectivity index (χ1) is 9.09. The van der Waals surface area contributed by atoms with Gasteiger partial charge < -0.3 is 4.90 Å². The summed E-state index contributed by atoms with van der Waals surface area (Å²) in [4.78, 5) is 14.8. The Morgan fingerprint density at radius 3 is 2.26 bits per heavy atom. The molecule has 2 nitrogen and oxygen atoms in total. The summed E-state index contributed by atoms with van der Waals surface area (Å²) in [7, 11) is 0. The first kappa shape index (κ1) is 14.6. The van der Waals surface area contributed by atoms with E-state index in [1.807, 2.05) is 24.3 Å². The number of amides is 1. The van der Waals surface area contributed by atoms with Crippen LogP contribution in [0.2, 0.25) is 0 Å². The average molecular weight is 324 g/mol. The molecule has 0 bridgehead atoms. The first-order valence-electron chi connectivity index (χ1n) is 7.18. The molecule has 1 aromatic rings. The highest BCUT2D eigenvalue weighted by atomic mass is 79.9. The summed E-state index contributed by atoms with van der Waals surface area (Å²) in [5.74, 6) is 0.175. The molecule has 0 unspecified atom stereocenters.